The first-order chi connectivity index (χ1) is 10.9. The van der Waals surface area contributed by atoms with Crippen LogP contribution in [0.2, 0.25) is 0 Å². The molecule has 0 unspecified atom stereocenters. The smallest absolute Gasteiger partial charge is 0.239 e. The molecule has 0 aromatic rings. The second-order valence-electron chi connectivity index (χ2n) is 6.32. The number of nitrogens with one attached hydrogen (secondary N) is 3. The van der Waals surface area contributed by atoms with Gasteiger partial charge in [-0.05, 0) is 19.3 Å². The predicted molar refractivity (Wildman–Crippen MR) is 92.3 cm³/mol. The Hall–Kier alpha value is -1.79. The Morgan fingerprint density at radius 3 is 2.30 bits per heavy atom. The monoisotopic (exact) mass is 325 g/mol. The molecule has 1 saturated carbocycles. The minimum atomic E-state index is -0.356. The van der Waals surface area contributed by atoms with Crippen molar-refractivity contribution in [2.24, 2.45) is 10.4 Å². The van der Waals surface area contributed by atoms with Crippen LogP contribution in [0.5, 0.6) is 0 Å². The van der Waals surface area contributed by atoms with Crippen molar-refractivity contribution in [3.05, 3.63) is 0 Å². The highest BCUT2D eigenvalue weighted by atomic mass is 16.2. The van der Waals surface area contributed by atoms with Gasteiger partial charge in [0.05, 0.1) is 12.0 Å². The first-order valence-corrected chi connectivity index (χ1v) is 8.38. The molecular weight excluding hydrogens is 294 g/mol. The summed E-state index contributed by atoms with van der Waals surface area (Å²) in [5, 5.41) is 9.00. The number of aliphatic imine (C=N–C) groups is 1. The van der Waals surface area contributed by atoms with Crippen LogP contribution < -0.4 is 16.0 Å². The Kier molecular flexibility index (Phi) is 7.85. The van der Waals surface area contributed by atoms with Crippen LogP contribution in [-0.2, 0) is 9.59 Å². The van der Waals surface area contributed by atoms with E-state index in [0.717, 1.165) is 32.1 Å². The van der Waals surface area contributed by atoms with Crippen molar-refractivity contribution < 1.29 is 9.59 Å². The predicted octanol–water partition coefficient (Wildman–Crippen LogP) is 0.326. The standard InChI is InChI=1S/C16H31N5O2/c1-5-10-18-13(22)11-19-15(17-2)20-12-16(8-6-7-9-16)14(23)21(3)4/h5-12H2,1-4H3,(H,18,22)(H2,17,19,20). The van der Waals surface area contributed by atoms with Gasteiger partial charge >= 0.3 is 0 Å². The highest BCUT2D eigenvalue weighted by Crippen LogP contribution is 2.38. The fourth-order valence-corrected chi connectivity index (χ4v) is 2.96. The average molecular weight is 325 g/mol. The van der Waals surface area contributed by atoms with Crippen LogP contribution >= 0.6 is 0 Å². The van der Waals surface area contributed by atoms with Crippen molar-refractivity contribution in [1.82, 2.24) is 20.9 Å². The van der Waals surface area contributed by atoms with Crippen LogP contribution in [0.25, 0.3) is 0 Å². The molecule has 0 heterocycles. The summed E-state index contributed by atoms with van der Waals surface area (Å²) in [6.07, 6.45) is 4.85. The van der Waals surface area contributed by atoms with Gasteiger partial charge in [0.2, 0.25) is 11.8 Å². The minimum Gasteiger partial charge on any atom is -0.355 e. The Bertz CT molecular complexity index is 428. The second kappa shape index (κ2) is 9.37. The van der Waals surface area contributed by atoms with Crippen molar-refractivity contribution >= 4 is 17.8 Å². The number of carbonyl (C=O) groups excluding carboxylic acids is 2. The summed E-state index contributed by atoms with van der Waals surface area (Å²) in [5.74, 6) is 0.655. The van der Waals surface area contributed by atoms with E-state index in [0.29, 0.717) is 19.0 Å². The highest BCUT2D eigenvalue weighted by Gasteiger charge is 2.42. The number of amides is 2. The first-order valence-electron chi connectivity index (χ1n) is 8.38. The molecule has 0 bridgehead atoms. The van der Waals surface area contributed by atoms with Gasteiger partial charge in [0.25, 0.3) is 0 Å². The van der Waals surface area contributed by atoms with Gasteiger partial charge in [-0.1, -0.05) is 19.8 Å². The number of carbonyl (C=O) groups is 2. The maximum Gasteiger partial charge on any atom is 0.239 e. The van der Waals surface area contributed by atoms with Crippen LogP contribution in [0.4, 0.5) is 0 Å². The Balaban J connectivity index is 2.52. The minimum absolute atomic E-state index is 0.0604. The largest absolute Gasteiger partial charge is 0.355 e. The molecule has 1 aliphatic rings. The summed E-state index contributed by atoms with van der Waals surface area (Å²) < 4.78 is 0. The van der Waals surface area contributed by atoms with Gasteiger partial charge in [0.1, 0.15) is 0 Å². The number of guanidine groups is 1. The molecule has 132 valence electrons. The van der Waals surface area contributed by atoms with Crippen molar-refractivity contribution in [2.45, 2.75) is 39.0 Å². The average Bonchev–Trinajstić information content (AvgIpc) is 3.02. The topological polar surface area (TPSA) is 85.8 Å². The third-order valence-electron chi connectivity index (χ3n) is 4.23. The number of nitrogens with zero attached hydrogens (tertiary/aromatic N) is 2. The van der Waals surface area contributed by atoms with Crippen molar-refractivity contribution in [3.63, 3.8) is 0 Å². The van der Waals surface area contributed by atoms with Crippen LogP contribution in [0, 0.1) is 5.41 Å². The molecule has 3 N–H and O–H groups in total. The molecule has 1 rings (SSSR count). The van der Waals surface area contributed by atoms with Gasteiger partial charge in [-0.2, -0.15) is 0 Å². The normalized spacial score (nSPS) is 16.8. The zero-order valence-electron chi connectivity index (χ0n) is 14.9. The Morgan fingerprint density at radius 2 is 1.78 bits per heavy atom. The lowest BCUT2D eigenvalue weighted by molar-refractivity contribution is -0.138. The first kappa shape index (κ1) is 19.3. The number of rotatable bonds is 7. The van der Waals surface area contributed by atoms with E-state index >= 15 is 0 Å². The molecule has 7 heteroatoms. The quantitative estimate of drug-likeness (QED) is 0.465. The van der Waals surface area contributed by atoms with Crippen LogP contribution in [0.15, 0.2) is 4.99 Å². The molecule has 1 aliphatic carbocycles. The lowest BCUT2D eigenvalue weighted by atomic mass is 9.84. The molecule has 0 saturated heterocycles. The van der Waals surface area contributed by atoms with Gasteiger partial charge in [0, 0.05) is 34.2 Å². The lowest BCUT2D eigenvalue weighted by Crippen LogP contribution is -2.50. The van der Waals surface area contributed by atoms with Gasteiger partial charge in [-0.3, -0.25) is 14.6 Å². The van der Waals surface area contributed by atoms with E-state index < -0.39 is 0 Å². The second-order valence-corrected chi connectivity index (χ2v) is 6.32. The zero-order chi connectivity index (χ0) is 17.3. The summed E-state index contributed by atoms with van der Waals surface area (Å²) in [5.41, 5.74) is -0.356. The highest BCUT2D eigenvalue weighted by molar-refractivity contribution is 5.87. The van der Waals surface area contributed by atoms with Crippen molar-refractivity contribution in [3.8, 4) is 0 Å². The van der Waals surface area contributed by atoms with E-state index in [9.17, 15) is 9.59 Å². The van der Waals surface area contributed by atoms with Crippen LogP contribution in [0.3, 0.4) is 0 Å². The molecular formula is C16H31N5O2. The van der Waals surface area contributed by atoms with E-state index in [1.54, 1.807) is 26.0 Å². The molecule has 7 nitrogen and oxygen atoms in total. The molecule has 23 heavy (non-hydrogen) atoms. The number of hydrogen-bond donors (Lipinski definition) is 3. The van der Waals surface area contributed by atoms with Gasteiger partial charge in [-0.25, -0.2) is 0 Å². The molecule has 1 fully saturated rings. The van der Waals surface area contributed by atoms with E-state index in [-0.39, 0.29) is 23.8 Å². The van der Waals surface area contributed by atoms with Crippen molar-refractivity contribution in [1.29, 1.82) is 0 Å². The summed E-state index contributed by atoms with van der Waals surface area (Å²) in [4.78, 5) is 29.9. The number of hydrogen-bond acceptors (Lipinski definition) is 3. The van der Waals surface area contributed by atoms with Gasteiger partial charge in [-0.15, -0.1) is 0 Å². The summed E-state index contributed by atoms with van der Waals surface area (Å²) in [6.45, 7) is 3.40. The fourth-order valence-electron chi connectivity index (χ4n) is 2.96. The Morgan fingerprint density at radius 1 is 1.13 bits per heavy atom. The molecule has 0 aromatic carbocycles. The summed E-state index contributed by atoms with van der Waals surface area (Å²) in [6, 6.07) is 0. The zero-order valence-corrected chi connectivity index (χ0v) is 14.9. The molecule has 0 spiro atoms. The van der Waals surface area contributed by atoms with Crippen LogP contribution in [0.1, 0.15) is 39.0 Å². The van der Waals surface area contributed by atoms with E-state index in [2.05, 4.69) is 20.9 Å². The SMILES string of the molecule is CCCNC(=O)CNC(=NC)NCC1(C(=O)N(C)C)CCCC1. The molecule has 0 aromatic heterocycles. The van der Waals surface area contributed by atoms with Crippen molar-refractivity contribution in [2.75, 3.05) is 40.8 Å². The molecule has 0 atom stereocenters. The molecule has 0 aliphatic heterocycles. The van der Waals surface area contributed by atoms with E-state index in [1.165, 1.54) is 0 Å². The summed E-state index contributed by atoms with van der Waals surface area (Å²) in [7, 11) is 5.26. The Labute approximate surface area is 139 Å². The van der Waals surface area contributed by atoms with E-state index in [4.69, 9.17) is 0 Å². The third kappa shape index (κ3) is 5.73. The van der Waals surface area contributed by atoms with Crippen LogP contribution in [-0.4, -0.2) is 63.5 Å². The maximum atomic E-state index is 12.5. The van der Waals surface area contributed by atoms with E-state index in [1.807, 2.05) is 6.92 Å². The van der Waals surface area contributed by atoms with Gasteiger partial charge in [0.15, 0.2) is 5.96 Å². The van der Waals surface area contributed by atoms with Gasteiger partial charge < -0.3 is 20.9 Å². The fraction of sp³-hybridized carbons (Fsp3) is 0.812. The lowest BCUT2D eigenvalue weighted by Gasteiger charge is -2.31. The molecule has 0 radical (unpaired) electrons. The third-order valence-corrected chi connectivity index (χ3v) is 4.23. The maximum absolute atomic E-state index is 12.5. The summed E-state index contributed by atoms with van der Waals surface area (Å²) >= 11 is 0. The molecule has 2 amide bonds.